The van der Waals surface area contributed by atoms with Gasteiger partial charge in [-0.15, -0.1) is 6.58 Å². The second-order valence-corrected chi connectivity index (χ2v) is 8.06. The first-order valence-electron chi connectivity index (χ1n) is 10.7. The summed E-state index contributed by atoms with van der Waals surface area (Å²) in [5.41, 5.74) is 4.62. The van der Waals surface area contributed by atoms with Crippen LogP contribution >= 0.6 is 11.6 Å². The van der Waals surface area contributed by atoms with Gasteiger partial charge in [-0.05, 0) is 60.7 Å². The van der Waals surface area contributed by atoms with Crippen molar-refractivity contribution in [1.29, 1.82) is 0 Å². The minimum Gasteiger partial charge on any atom is -0.493 e. The number of benzene rings is 3. The molecule has 3 aromatic carbocycles. The number of halogens is 1. The number of aryl methyl sites for hydroxylation is 1. The Kier molecular flexibility index (Phi) is 7.06. The van der Waals surface area contributed by atoms with Crippen LogP contribution in [0.5, 0.6) is 5.75 Å². The van der Waals surface area contributed by atoms with Gasteiger partial charge in [-0.2, -0.15) is 0 Å². The van der Waals surface area contributed by atoms with E-state index in [1.165, 1.54) is 16.6 Å². The van der Waals surface area contributed by atoms with Crippen LogP contribution in [0, 0.1) is 0 Å². The molecule has 0 amide bonds. The second kappa shape index (κ2) is 10.3. The Bertz CT molecular complexity index is 1150. The zero-order chi connectivity index (χ0) is 21.5. The number of unbranched alkanes of at least 4 members (excludes halogenated alkanes) is 1. The van der Waals surface area contributed by atoms with Gasteiger partial charge in [-0.1, -0.05) is 60.1 Å². The molecule has 0 radical (unpaired) electrons. The number of hydrogen-bond donors (Lipinski definition) is 0. The van der Waals surface area contributed by atoms with Gasteiger partial charge in [0.05, 0.1) is 17.6 Å². The topological polar surface area (TPSA) is 27.1 Å². The quantitative estimate of drug-likeness (QED) is 0.203. The molecular weight excluding hydrogens is 404 g/mol. The highest BCUT2D eigenvalue weighted by Gasteiger charge is 2.11. The first-order chi connectivity index (χ1) is 15.2. The number of fused-ring (bicyclic) bond motifs is 1. The predicted octanol–water partition coefficient (Wildman–Crippen LogP) is 6.87. The minimum absolute atomic E-state index is 0.702. The average molecular weight is 431 g/mol. The molecule has 0 spiro atoms. The summed E-state index contributed by atoms with van der Waals surface area (Å²) in [5.74, 6) is 2.04. The van der Waals surface area contributed by atoms with E-state index in [-0.39, 0.29) is 0 Å². The average Bonchev–Trinajstić information content (AvgIpc) is 3.13. The monoisotopic (exact) mass is 430 g/mol. The highest BCUT2D eigenvalue weighted by atomic mass is 35.5. The van der Waals surface area contributed by atoms with Crippen LogP contribution in [0.15, 0.2) is 85.5 Å². The van der Waals surface area contributed by atoms with Gasteiger partial charge in [-0.3, -0.25) is 0 Å². The van der Waals surface area contributed by atoms with E-state index in [4.69, 9.17) is 21.3 Å². The molecule has 158 valence electrons. The molecule has 4 heteroatoms. The number of para-hydroxylation sites is 3. The standard InChI is InChI=1S/C27H27ClN2O/c1-2-9-22-10-3-6-13-26(22)31-19-8-7-18-30-25-12-5-4-11-24(25)29-27(30)20-21-14-16-23(28)17-15-21/h2-6,10-17H,1,7-9,18-20H2. The van der Waals surface area contributed by atoms with Crippen molar-refractivity contribution in [2.24, 2.45) is 0 Å². The summed E-state index contributed by atoms with van der Waals surface area (Å²) < 4.78 is 8.39. The molecule has 0 fully saturated rings. The first kappa shape index (κ1) is 21.2. The lowest BCUT2D eigenvalue weighted by Gasteiger charge is -2.12. The molecule has 0 saturated carbocycles. The molecule has 1 aromatic heterocycles. The summed E-state index contributed by atoms with van der Waals surface area (Å²) in [6.45, 7) is 5.45. The maximum atomic E-state index is 6.05. The van der Waals surface area contributed by atoms with Crippen LogP contribution in [0.2, 0.25) is 5.02 Å². The smallest absolute Gasteiger partial charge is 0.122 e. The Hall–Kier alpha value is -3.04. The Labute approximate surface area is 189 Å². The number of ether oxygens (including phenoxy) is 1. The van der Waals surface area contributed by atoms with Crippen molar-refractivity contribution < 1.29 is 4.74 Å². The molecule has 0 aliphatic heterocycles. The number of rotatable bonds is 10. The summed E-state index contributed by atoms with van der Waals surface area (Å²) in [5, 5.41) is 0.756. The van der Waals surface area contributed by atoms with Crippen LogP contribution in [0.3, 0.4) is 0 Å². The van der Waals surface area contributed by atoms with E-state index in [9.17, 15) is 0 Å². The molecule has 0 bridgehead atoms. The summed E-state index contributed by atoms with van der Waals surface area (Å²) in [7, 11) is 0. The molecule has 0 aliphatic rings. The van der Waals surface area contributed by atoms with Gasteiger partial charge in [0.15, 0.2) is 0 Å². The molecule has 3 nitrogen and oxygen atoms in total. The van der Waals surface area contributed by atoms with Crippen LogP contribution in [-0.2, 0) is 19.4 Å². The molecule has 4 rings (SSSR count). The van der Waals surface area contributed by atoms with E-state index in [1.807, 2.05) is 42.5 Å². The van der Waals surface area contributed by atoms with Gasteiger partial charge >= 0.3 is 0 Å². The Morgan fingerprint density at radius 1 is 0.935 bits per heavy atom. The van der Waals surface area contributed by atoms with E-state index in [1.54, 1.807) is 0 Å². The maximum Gasteiger partial charge on any atom is 0.122 e. The summed E-state index contributed by atoms with van der Waals surface area (Å²) >= 11 is 6.04. The van der Waals surface area contributed by atoms with Crippen molar-refractivity contribution in [1.82, 2.24) is 9.55 Å². The number of imidazole rings is 1. The third-order valence-corrected chi connectivity index (χ3v) is 5.63. The lowest BCUT2D eigenvalue weighted by atomic mass is 10.1. The van der Waals surface area contributed by atoms with Gasteiger partial charge in [0.25, 0.3) is 0 Å². The summed E-state index contributed by atoms with van der Waals surface area (Å²) in [6.07, 6.45) is 5.53. The molecular formula is C27H27ClN2O. The Balaban J connectivity index is 1.41. The van der Waals surface area contributed by atoms with Crippen LogP contribution in [0.1, 0.15) is 29.8 Å². The van der Waals surface area contributed by atoms with Gasteiger partial charge < -0.3 is 9.30 Å². The van der Waals surface area contributed by atoms with E-state index >= 15 is 0 Å². The SMILES string of the molecule is C=CCc1ccccc1OCCCCn1c(Cc2ccc(Cl)cc2)nc2ccccc21. The van der Waals surface area contributed by atoms with Crippen molar-refractivity contribution >= 4 is 22.6 Å². The minimum atomic E-state index is 0.702. The lowest BCUT2D eigenvalue weighted by molar-refractivity contribution is 0.301. The van der Waals surface area contributed by atoms with Gasteiger partial charge in [0.2, 0.25) is 0 Å². The van der Waals surface area contributed by atoms with Crippen molar-refractivity contribution in [2.45, 2.75) is 32.2 Å². The highest BCUT2D eigenvalue weighted by molar-refractivity contribution is 6.30. The van der Waals surface area contributed by atoms with Crippen LogP contribution < -0.4 is 4.74 Å². The lowest BCUT2D eigenvalue weighted by Crippen LogP contribution is -2.07. The van der Waals surface area contributed by atoms with Crippen molar-refractivity contribution in [3.05, 3.63) is 107 Å². The van der Waals surface area contributed by atoms with Crippen LogP contribution in [0.25, 0.3) is 11.0 Å². The van der Waals surface area contributed by atoms with Gasteiger partial charge in [-0.25, -0.2) is 4.98 Å². The van der Waals surface area contributed by atoms with Gasteiger partial charge in [0, 0.05) is 18.0 Å². The molecule has 0 N–H and O–H groups in total. The zero-order valence-electron chi connectivity index (χ0n) is 17.6. The second-order valence-electron chi connectivity index (χ2n) is 7.63. The Morgan fingerprint density at radius 3 is 2.55 bits per heavy atom. The third kappa shape index (κ3) is 5.36. The molecule has 0 aliphatic carbocycles. The third-order valence-electron chi connectivity index (χ3n) is 5.38. The fraction of sp³-hybridized carbons (Fsp3) is 0.222. The number of hydrogen-bond acceptors (Lipinski definition) is 2. The normalized spacial score (nSPS) is 11.0. The molecule has 31 heavy (non-hydrogen) atoms. The molecule has 4 aromatic rings. The van der Waals surface area contributed by atoms with Gasteiger partial charge in [0.1, 0.15) is 11.6 Å². The number of aromatic nitrogens is 2. The summed E-state index contributed by atoms with van der Waals surface area (Å²) in [6, 6.07) is 24.5. The van der Waals surface area contributed by atoms with Crippen molar-refractivity contribution in [3.63, 3.8) is 0 Å². The fourth-order valence-electron chi connectivity index (χ4n) is 3.82. The van der Waals surface area contributed by atoms with E-state index in [2.05, 4.69) is 47.5 Å². The van der Waals surface area contributed by atoms with E-state index in [0.29, 0.717) is 6.61 Å². The number of allylic oxidation sites excluding steroid dienone is 1. The molecule has 0 saturated heterocycles. The maximum absolute atomic E-state index is 6.05. The number of nitrogens with zero attached hydrogens (tertiary/aromatic N) is 2. The van der Waals surface area contributed by atoms with Crippen LogP contribution in [-0.4, -0.2) is 16.2 Å². The van der Waals surface area contributed by atoms with E-state index in [0.717, 1.165) is 54.3 Å². The molecule has 0 unspecified atom stereocenters. The predicted molar refractivity (Wildman–Crippen MR) is 129 cm³/mol. The molecule has 0 atom stereocenters. The van der Waals surface area contributed by atoms with Crippen LogP contribution in [0.4, 0.5) is 0 Å². The first-order valence-corrected chi connectivity index (χ1v) is 11.1. The van der Waals surface area contributed by atoms with E-state index < -0.39 is 0 Å². The Morgan fingerprint density at radius 2 is 1.71 bits per heavy atom. The highest BCUT2D eigenvalue weighted by Crippen LogP contribution is 2.21. The fourth-order valence-corrected chi connectivity index (χ4v) is 3.94. The zero-order valence-corrected chi connectivity index (χ0v) is 18.4. The largest absolute Gasteiger partial charge is 0.493 e. The summed E-state index contributed by atoms with van der Waals surface area (Å²) in [4.78, 5) is 4.90. The van der Waals surface area contributed by atoms with Crippen molar-refractivity contribution in [2.75, 3.05) is 6.61 Å². The van der Waals surface area contributed by atoms with Crippen molar-refractivity contribution in [3.8, 4) is 5.75 Å². The molecule has 1 heterocycles.